The average molecular weight is 262 g/mol. The highest BCUT2D eigenvalue weighted by molar-refractivity contribution is 5.36. The lowest BCUT2D eigenvalue weighted by Crippen LogP contribution is -2.44. The van der Waals surface area contributed by atoms with Crippen LogP contribution in [0.5, 0.6) is 0 Å². The third-order valence-electron chi connectivity index (χ3n) is 3.90. The summed E-state index contributed by atoms with van der Waals surface area (Å²) in [5.41, 5.74) is 5.63. The van der Waals surface area contributed by atoms with Crippen molar-refractivity contribution in [2.24, 2.45) is 0 Å². The molecule has 0 aromatic heterocycles. The average Bonchev–Trinajstić information content (AvgIpc) is 2.41. The number of nitrogens with one attached hydrogen (secondary N) is 2. The Hall–Kier alpha value is -0.900. The number of hydrogen-bond donors (Lipinski definition) is 2. The molecule has 1 aliphatic rings. The molecule has 0 radical (unpaired) electrons. The van der Waals surface area contributed by atoms with Gasteiger partial charge in [-0.15, -0.1) is 0 Å². The van der Waals surface area contributed by atoms with Gasteiger partial charge in [0.25, 0.3) is 0 Å². The van der Waals surface area contributed by atoms with Crippen molar-refractivity contribution in [3.05, 3.63) is 34.4 Å². The fourth-order valence-electron chi connectivity index (χ4n) is 2.53. The molecule has 2 rings (SSSR count). The first-order valence-corrected chi connectivity index (χ1v) is 7.26. The molecule has 0 saturated carbocycles. The molecular formula is C16H26N2O. The van der Waals surface area contributed by atoms with Gasteiger partial charge in [0.15, 0.2) is 0 Å². The van der Waals surface area contributed by atoms with Gasteiger partial charge in [0, 0.05) is 19.6 Å². The maximum atomic E-state index is 5.66. The molecule has 1 heterocycles. The van der Waals surface area contributed by atoms with Crippen molar-refractivity contribution in [3.63, 3.8) is 0 Å². The van der Waals surface area contributed by atoms with Crippen LogP contribution in [0.3, 0.4) is 0 Å². The van der Waals surface area contributed by atoms with Gasteiger partial charge in [0.2, 0.25) is 0 Å². The zero-order chi connectivity index (χ0) is 13.7. The molecule has 0 aliphatic carbocycles. The zero-order valence-corrected chi connectivity index (χ0v) is 12.4. The molecular weight excluding hydrogens is 236 g/mol. The van der Waals surface area contributed by atoms with E-state index >= 15 is 0 Å². The maximum Gasteiger partial charge on any atom is 0.0824 e. The number of rotatable bonds is 5. The largest absolute Gasteiger partial charge is 0.374 e. The highest BCUT2D eigenvalue weighted by atomic mass is 16.5. The molecule has 106 valence electrons. The van der Waals surface area contributed by atoms with Crippen molar-refractivity contribution in [1.82, 2.24) is 10.6 Å². The van der Waals surface area contributed by atoms with Crippen LogP contribution in [0.25, 0.3) is 0 Å². The summed E-state index contributed by atoms with van der Waals surface area (Å²) in [6.07, 6.45) is 1.42. The van der Waals surface area contributed by atoms with Crippen molar-refractivity contribution in [2.45, 2.75) is 33.3 Å². The van der Waals surface area contributed by atoms with E-state index < -0.39 is 0 Å². The van der Waals surface area contributed by atoms with Gasteiger partial charge in [0.05, 0.1) is 12.7 Å². The van der Waals surface area contributed by atoms with Gasteiger partial charge < -0.3 is 15.4 Å². The Kier molecular flexibility index (Phi) is 5.37. The van der Waals surface area contributed by atoms with E-state index in [1.54, 1.807) is 0 Å². The van der Waals surface area contributed by atoms with E-state index in [-0.39, 0.29) is 0 Å². The van der Waals surface area contributed by atoms with E-state index in [2.05, 4.69) is 43.5 Å². The van der Waals surface area contributed by atoms with Crippen LogP contribution in [0.1, 0.15) is 22.3 Å². The maximum absolute atomic E-state index is 5.66. The number of aryl methyl sites for hydroxylation is 3. The second kappa shape index (κ2) is 7.04. The molecule has 3 nitrogen and oxygen atoms in total. The van der Waals surface area contributed by atoms with Crippen LogP contribution in [0, 0.1) is 20.8 Å². The standard InChI is InChI=1S/C16H26N2O/c1-12-8-14(3)15(9-13(12)2)4-5-17-10-16-11-18-6-7-19-16/h8-9,16-18H,4-7,10-11H2,1-3H3. The van der Waals surface area contributed by atoms with E-state index in [9.17, 15) is 0 Å². The quantitative estimate of drug-likeness (QED) is 0.793. The van der Waals surface area contributed by atoms with Gasteiger partial charge in [-0.25, -0.2) is 0 Å². The van der Waals surface area contributed by atoms with Gasteiger partial charge >= 0.3 is 0 Å². The van der Waals surface area contributed by atoms with Crippen LogP contribution in [0.15, 0.2) is 12.1 Å². The second-order valence-corrected chi connectivity index (χ2v) is 5.51. The third kappa shape index (κ3) is 4.30. The smallest absolute Gasteiger partial charge is 0.0824 e. The predicted octanol–water partition coefficient (Wildman–Crippen LogP) is 1.73. The minimum Gasteiger partial charge on any atom is -0.374 e. The summed E-state index contributed by atoms with van der Waals surface area (Å²) in [7, 11) is 0. The predicted molar refractivity (Wildman–Crippen MR) is 79.8 cm³/mol. The van der Waals surface area contributed by atoms with Crippen molar-refractivity contribution in [2.75, 3.05) is 32.8 Å². The minimum absolute atomic E-state index is 0.328. The number of hydrogen-bond acceptors (Lipinski definition) is 3. The van der Waals surface area contributed by atoms with Crippen LogP contribution in [0.4, 0.5) is 0 Å². The Morgan fingerprint density at radius 2 is 2.00 bits per heavy atom. The van der Waals surface area contributed by atoms with Crippen LogP contribution in [-0.4, -0.2) is 38.9 Å². The summed E-state index contributed by atoms with van der Waals surface area (Å²) in [6, 6.07) is 4.61. The Bertz CT molecular complexity index is 411. The number of morpholine rings is 1. The zero-order valence-electron chi connectivity index (χ0n) is 12.4. The van der Waals surface area contributed by atoms with Crippen molar-refractivity contribution < 1.29 is 4.74 Å². The SMILES string of the molecule is Cc1cc(C)c(CCNCC2CNCCO2)cc1C. The van der Waals surface area contributed by atoms with Gasteiger partial charge in [-0.05, 0) is 56.0 Å². The fraction of sp³-hybridized carbons (Fsp3) is 0.625. The second-order valence-electron chi connectivity index (χ2n) is 5.51. The molecule has 1 aromatic rings. The lowest BCUT2D eigenvalue weighted by Gasteiger charge is -2.23. The van der Waals surface area contributed by atoms with E-state index in [0.29, 0.717) is 6.10 Å². The van der Waals surface area contributed by atoms with Gasteiger partial charge in [0.1, 0.15) is 0 Å². The van der Waals surface area contributed by atoms with Crippen molar-refractivity contribution >= 4 is 0 Å². The molecule has 0 bridgehead atoms. The van der Waals surface area contributed by atoms with Crippen LogP contribution >= 0.6 is 0 Å². The molecule has 1 fully saturated rings. The third-order valence-corrected chi connectivity index (χ3v) is 3.90. The molecule has 1 saturated heterocycles. The summed E-state index contributed by atoms with van der Waals surface area (Å²) >= 11 is 0. The van der Waals surface area contributed by atoms with Crippen molar-refractivity contribution in [3.8, 4) is 0 Å². The first kappa shape index (κ1) is 14.5. The lowest BCUT2D eigenvalue weighted by atomic mass is 9.99. The molecule has 1 atom stereocenters. The molecule has 1 aromatic carbocycles. The highest BCUT2D eigenvalue weighted by Gasteiger charge is 2.12. The van der Waals surface area contributed by atoms with E-state index in [4.69, 9.17) is 4.74 Å². The Labute approximate surface area is 116 Å². The summed E-state index contributed by atoms with van der Waals surface area (Å²) in [5, 5.41) is 6.85. The molecule has 0 spiro atoms. The van der Waals surface area contributed by atoms with Crippen molar-refractivity contribution in [1.29, 1.82) is 0 Å². The normalized spacial score (nSPS) is 19.6. The van der Waals surface area contributed by atoms with E-state index in [1.807, 2.05) is 0 Å². The number of ether oxygens (including phenoxy) is 1. The van der Waals surface area contributed by atoms with Crippen LogP contribution in [-0.2, 0) is 11.2 Å². The first-order valence-electron chi connectivity index (χ1n) is 7.26. The van der Waals surface area contributed by atoms with E-state index in [0.717, 1.165) is 39.2 Å². The Morgan fingerprint density at radius 3 is 2.74 bits per heavy atom. The van der Waals surface area contributed by atoms with Crippen LogP contribution < -0.4 is 10.6 Å². The summed E-state index contributed by atoms with van der Waals surface area (Å²) in [5.74, 6) is 0. The van der Waals surface area contributed by atoms with E-state index in [1.165, 1.54) is 22.3 Å². The molecule has 19 heavy (non-hydrogen) atoms. The molecule has 1 unspecified atom stereocenters. The highest BCUT2D eigenvalue weighted by Crippen LogP contribution is 2.15. The van der Waals surface area contributed by atoms with Crippen LogP contribution in [0.2, 0.25) is 0 Å². The first-order chi connectivity index (χ1) is 9.16. The van der Waals surface area contributed by atoms with Gasteiger partial charge in [-0.1, -0.05) is 12.1 Å². The molecule has 1 aliphatic heterocycles. The summed E-state index contributed by atoms with van der Waals surface area (Å²) < 4.78 is 5.66. The Balaban J connectivity index is 1.74. The minimum atomic E-state index is 0.328. The van der Waals surface area contributed by atoms with Gasteiger partial charge in [-0.3, -0.25) is 0 Å². The molecule has 0 amide bonds. The Morgan fingerprint density at radius 1 is 1.21 bits per heavy atom. The molecule has 2 N–H and O–H groups in total. The topological polar surface area (TPSA) is 33.3 Å². The fourth-order valence-corrected chi connectivity index (χ4v) is 2.53. The lowest BCUT2D eigenvalue weighted by molar-refractivity contribution is 0.0294. The number of benzene rings is 1. The molecule has 3 heteroatoms. The summed E-state index contributed by atoms with van der Waals surface area (Å²) in [6.45, 7) is 11.3. The monoisotopic (exact) mass is 262 g/mol. The summed E-state index contributed by atoms with van der Waals surface area (Å²) in [4.78, 5) is 0. The van der Waals surface area contributed by atoms with Gasteiger partial charge in [-0.2, -0.15) is 0 Å².